The van der Waals surface area contributed by atoms with Crippen molar-refractivity contribution in [3.8, 4) is 11.1 Å². The van der Waals surface area contributed by atoms with E-state index in [0.29, 0.717) is 0 Å². The molecule has 0 bridgehead atoms. The van der Waals surface area contributed by atoms with E-state index in [1.807, 2.05) is 0 Å². The highest BCUT2D eigenvalue weighted by Gasteiger charge is 2.51. The van der Waals surface area contributed by atoms with E-state index in [9.17, 15) is 0 Å². The normalized spacial score (nSPS) is 19.9. The van der Waals surface area contributed by atoms with E-state index in [4.69, 9.17) is 9.31 Å². The van der Waals surface area contributed by atoms with Crippen LogP contribution in [0.4, 0.5) is 0 Å². The van der Waals surface area contributed by atoms with Gasteiger partial charge in [-0.3, -0.25) is 0 Å². The van der Waals surface area contributed by atoms with Crippen molar-refractivity contribution in [2.45, 2.75) is 71.3 Å². The van der Waals surface area contributed by atoms with Crippen molar-refractivity contribution in [1.29, 1.82) is 0 Å². The van der Waals surface area contributed by atoms with Gasteiger partial charge in [0.2, 0.25) is 0 Å². The maximum absolute atomic E-state index is 6.25. The molecular formula is C29H35BO2Si. The highest BCUT2D eigenvalue weighted by Crippen LogP contribution is 2.48. The van der Waals surface area contributed by atoms with E-state index < -0.39 is 8.07 Å². The first-order valence-electron chi connectivity index (χ1n) is 12.1. The Balaban J connectivity index is 1.46. The minimum atomic E-state index is -1.86. The van der Waals surface area contributed by atoms with E-state index in [0.717, 1.165) is 5.46 Å². The zero-order valence-electron chi connectivity index (χ0n) is 21.2. The predicted molar refractivity (Wildman–Crippen MR) is 143 cm³/mol. The Morgan fingerprint density at radius 1 is 0.636 bits per heavy atom. The highest BCUT2D eigenvalue weighted by atomic mass is 28.3. The lowest BCUT2D eigenvalue weighted by molar-refractivity contribution is 0.00578. The van der Waals surface area contributed by atoms with Crippen LogP contribution in [0.25, 0.3) is 11.1 Å². The van der Waals surface area contributed by atoms with Crippen LogP contribution in [0.3, 0.4) is 0 Å². The van der Waals surface area contributed by atoms with Gasteiger partial charge in [0, 0.05) is 5.41 Å². The lowest BCUT2D eigenvalue weighted by Gasteiger charge is -2.32. The van der Waals surface area contributed by atoms with Crippen molar-refractivity contribution in [3.63, 3.8) is 0 Å². The predicted octanol–water partition coefficient (Wildman–Crippen LogP) is 5.11. The molecule has 170 valence electrons. The first-order valence-corrected chi connectivity index (χ1v) is 15.1. The topological polar surface area (TPSA) is 18.5 Å². The molecule has 2 aliphatic rings. The number of hydrogen-bond donors (Lipinski definition) is 0. The third kappa shape index (κ3) is 3.38. The minimum absolute atomic E-state index is 0.0348. The Morgan fingerprint density at radius 3 is 1.82 bits per heavy atom. The van der Waals surface area contributed by atoms with Crippen molar-refractivity contribution >= 4 is 31.0 Å². The van der Waals surface area contributed by atoms with Crippen LogP contribution in [0.1, 0.15) is 52.7 Å². The summed E-state index contributed by atoms with van der Waals surface area (Å²) in [7, 11) is -2.18. The smallest absolute Gasteiger partial charge is 0.399 e. The molecule has 0 atom stereocenters. The van der Waals surface area contributed by atoms with Crippen LogP contribution in [0, 0.1) is 0 Å². The van der Waals surface area contributed by atoms with Crippen LogP contribution in [0.15, 0.2) is 66.7 Å². The lowest BCUT2D eigenvalue weighted by Crippen LogP contribution is -2.53. The summed E-state index contributed by atoms with van der Waals surface area (Å²) in [6.07, 6.45) is 0. The molecule has 1 heterocycles. The van der Waals surface area contributed by atoms with Crippen LogP contribution in [0.5, 0.6) is 0 Å². The summed E-state index contributed by atoms with van der Waals surface area (Å²) in [6.45, 7) is 18.0. The first-order chi connectivity index (χ1) is 15.3. The molecule has 0 unspecified atom stereocenters. The van der Waals surface area contributed by atoms with Crippen molar-refractivity contribution in [2.24, 2.45) is 0 Å². The molecule has 33 heavy (non-hydrogen) atoms. The molecule has 5 rings (SSSR count). The second-order valence-corrected chi connectivity index (χ2v) is 16.2. The molecule has 2 nitrogen and oxygen atoms in total. The molecule has 3 aromatic rings. The van der Waals surface area contributed by atoms with Crippen molar-refractivity contribution in [1.82, 2.24) is 0 Å². The molecule has 1 saturated heterocycles. The van der Waals surface area contributed by atoms with Gasteiger partial charge in [-0.2, -0.15) is 0 Å². The molecule has 1 aliphatic heterocycles. The van der Waals surface area contributed by atoms with E-state index in [-0.39, 0.29) is 23.7 Å². The van der Waals surface area contributed by atoms with Crippen LogP contribution in [-0.2, 0) is 14.7 Å². The summed E-state index contributed by atoms with van der Waals surface area (Å²) in [5, 5.41) is 2.90. The summed E-state index contributed by atoms with van der Waals surface area (Å²) >= 11 is 0. The van der Waals surface area contributed by atoms with Gasteiger partial charge in [-0.25, -0.2) is 0 Å². The van der Waals surface area contributed by atoms with Gasteiger partial charge in [0.15, 0.2) is 0 Å². The van der Waals surface area contributed by atoms with Gasteiger partial charge in [0.1, 0.15) is 8.07 Å². The summed E-state index contributed by atoms with van der Waals surface area (Å²) < 4.78 is 12.5. The third-order valence-electron chi connectivity index (χ3n) is 8.46. The van der Waals surface area contributed by atoms with Gasteiger partial charge in [0.25, 0.3) is 0 Å². The van der Waals surface area contributed by atoms with Crippen LogP contribution < -0.4 is 15.8 Å². The summed E-state index contributed by atoms with van der Waals surface area (Å²) in [4.78, 5) is 0. The Morgan fingerprint density at radius 2 is 1.18 bits per heavy atom. The molecule has 0 spiro atoms. The maximum atomic E-state index is 6.25. The van der Waals surface area contributed by atoms with Crippen molar-refractivity contribution in [3.05, 3.63) is 77.9 Å². The van der Waals surface area contributed by atoms with Gasteiger partial charge < -0.3 is 9.31 Å². The molecule has 0 amide bonds. The number of benzene rings is 3. The Bertz CT molecular complexity index is 1210. The number of rotatable bonds is 3. The molecule has 0 aromatic heterocycles. The second-order valence-electron chi connectivity index (χ2n) is 11.8. The maximum Gasteiger partial charge on any atom is 0.494 e. The monoisotopic (exact) mass is 454 g/mol. The lowest BCUT2D eigenvalue weighted by atomic mass is 9.79. The van der Waals surface area contributed by atoms with Gasteiger partial charge in [0.05, 0.1) is 11.2 Å². The van der Waals surface area contributed by atoms with Gasteiger partial charge in [-0.15, -0.1) is 0 Å². The van der Waals surface area contributed by atoms with Crippen LogP contribution in [0.2, 0.25) is 13.1 Å². The van der Waals surface area contributed by atoms with E-state index in [1.54, 1.807) is 0 Å². The summed E-state index contributed by atoms with van der Waals surface area (Å²) in [5.41, 5.74) is 6.15. The van der Waals surface area contributed by atoms with Gasteiger partial charge in [-0.05, 0) is 55.4 Å². The molecule has 1 aliphatic carbocycles. The Hall–Kier alpha value is -2.14. The Labute approximate surface area is 200 Å². The number of hydrogen-bond acceptors (Lipinski definition) is 2. The molecule has 4 heteroatoms. The quantitative estimate of drug-likeness (QED) is 0.512. The summed E-state index contributed by atoms with van der Waals surface area (Å²) in [6, 6.07) is 25.0. The fourth-order valence-electron chi connectivity index (χ4n) is 5.30. The van der Waals surface area contributed by atoms with Crippen molar-refractivity contribution < 1.29 is 9.31 Å². The minimum Gasteiger partial charge on any atom is -0.399 e. The van der Waals surface area contributed by atoms with Gasteiger partial charge in [-0.1, -0.05) is 104 Å². The standard InChI is InChI=1S/C29H35BO2Si/c1-27(2)25-12-10-9-11-23(25)24-18-17-22(19-26(24)27)33(7,8)21-15-13-20(14-16-21)30-31-28(3,4)29(5,6)32-30/h9-19H,1-8H3. The average molecular weight is 454 g/mol. The second kappa shape index (κ2) is 7.18. The molecule has 3 aromatic carbocycles. The highest BCUT2D eigenvalue weighted by molar-refractivity contribution is 7.00. The average Bonchev–Trinajstić information content (AvgIpc) is 3.13. The SMILES string of the molecule is CC1(C)c2ccccc2-c2ccc([Si](C)(C)c3ccc(B4OC(C)(C)C(C)(C)O4)cc3)cc21. The molecule has 0 N–H and O–H groups in total. The fourth-order valence-corrected chi connectivity index (χ4v) is 7.63. The summed E-state index contributed by atoms with van der Waals surface area (Å²) in [5.74, 6) is 0. The van der Waals surface area contributed by atoms with Crippen LogP contribution >= 0.6 is 0 Å². The van der Waals surface area contributed by atoms with E-state index in [1.165, 1.54) is 32.6 Å². The largest absolute Gasteiger partial charge is 0.494 e. The molecule has 0 radical (unpaired) electrons. The van der Waals surface area contributed by atoms with Gasteiger partial charge >= 0.3 is 7.12 Å². The van der Waals surface area contributed by atoms with E-state index >= 15 is 0 Å². The van der Waals surface area contributed by atoms with Crippen LogP contribution in [-0.4, -0.2) is 26.4 Å². The molecular weight excluding hydrogens is 419 g/mol. The van der Waals surface area contributed by atoms with Crippen molar-refractivity contribution in [2.75, 3.05) is 0 Å². The zero-order chi connectivity index (χ0) is 23.8. The van der Waals surface area contributed by atoms with E-state index in [2.05, 4.69) is 121 Å². The molecule has 0 saturated carbocycles. The fraction of sp³-hybridized carbons (Fsp3) is 0.379. The zero-order valence-corrected chi connectivity index (χ0v) is 22.2. The third-order valence-corrected chi connectivity index (χ3v) is 12.0. The molecule has 1 fully saturated rings. The Kier molecular flexibility index (Phi) is 4.93. The number of fused-ring (bicyclic) bond motifs is 3. The first kappa shape index (κ1) is 22.6.